The molecular formula is C16H16ClN3O2. The lowest BCUT2D eigenvalue weighted by Crippen LogP contribution is -2.19. The van der Waals surface area contributed by atoms with Crippen LogP contribution in [0.1, 0.15) is 12.5 Å². The van der Waals surface area contributed by atoms with Crippen molar-refractivity contribution in [2.45, 2.75) is 13.8 Å². The number of rotatable bonds is 3. The number of anilines is 3. The van der Waals surface area contributed by atoms with Crippen molar-refractivity contribution in [2.75, 3.05) is 16.0 Å². The van der Waals surface area contributed by atoms with Gasteiger partial charge in [-0.25, -0.2) is 4.79 Å². The Kier molecular flexibility index (Phi) is 5.01. The van der Waals surface area contributed by atoms with E-state index in [4.69, 9.17) is 11.6 Å². The summed E-state index contributed by atoms with van der Waals surface area (Å²) in [6.45, 7) is 3.33. The average molecular weight is 318 g/mol. The quantitative estimate of drug-likeness (QED) is 0.792. The molecule has 0 aliphatic carbocycles. The van der Waals surface area contributed by atoms with Crippen molar-refractivity contribution in [1.29, 1.82) is 0 Å². The molecule has 22 heavy (non-hydrogen) atoms. The molecule has 0 heterocycles. The lowest BCUT2D eigenvalue weighted by Gasteiger charge is -2.09. The topological polar surface area (TPSA) is 70.2 Å². The maximum Gasteiger partial charge on any atom is 0.323 e. The molecule has 3 amide bonds. The maximum atomic E-state index is 11.9. The Morgan fingerprint density at radius 2 is 1.36 bits per heavy atom. The molecule has 0 radical (unpaired) electrons. The van der Waals surface area contributed by atoms with Crippen molar-refractivity contribution in [3.05, 3.63) is 53.1 Å². The fraction of sp³-hybridized carbons (Fsp3) is 0.125. The van der Waals surface area contributed by atoms with E-state index in [-0.39, 0.29) is 11.9 Å². The number of carbonyl (C=O) groups is 2. The van der Waals surface area contributed by atoms with Gasteiger partial charge in [-0.05, 0) is 48.9 Å². The minimum absolute atomic E-state index is 0.144. The summed E-state index contributed by atoms with van der Waals surface area (Å²) in [5, 5.41) is 8.65. The van der Waals surface area contributed by atoms with Crippen molar-refractivity contribution >= 4 is 40.6 Å². The largest absolute Gasteiger partial charge is 0.326 e. The molecule has 2 aromatic rings. The van der Waals surface area contributed by atoms with E-state index in [1.165, 1.54) is 6.92 Å². The fourth-order valence-corrected chi connectivity index (χ4v) is 1.98. The van der Waals surface area contributed by atoms with Crippen molar-refractivity contribution in [2.24, 2.45) is 0 Å². The Morgan fingerprint density at radius 3 is 1.91 bits per heavy atom. The molecule has 2 aromatic carbocycles. The molecule has 0 fully saturated rings. The second kappa shape index (κ2) is 6.95. The second-order valence-electron chi connectivity index (χ2n) is 4.80. The van der Waals surface area contributed by atoms with Crippen LogP contribution in [0.5, 0.6) is 0 Å². The summed E-state index contributed by atoms with van der Waals surface area (Å²) in [4.78, 5) is 22.8. The molecule has 0 saturated carbocycles. The van der Waals surface area contributed by atoms with Gasteiger partial charge < -0.3 is 16.0 Å². The Bertz CT molecular complexity index is 699. The number of amides is 3. The van der Waals surface area contributed by atoms with Crippen molar-refractivity contribution < 1.29 is 9.59 Å². The first-order valence-corrected chi connectivity index (χ1v) is 7.03. The van der Waals surface area contributed by atoms with Crippen LogP contribution in [0, 0.1) is 6.92 Å². The van der Waals surface area contributed by atoms with Gasteiger partial charge in [-0.3, -0.25) is 4.79 Å². The number of urea groups is 1. The first-order valence-electron chi connectivity index (χ1n) is 6.66. The Labute approximate surface area is 133 Å². The van der Waals surface area contributed by atoms with Gasteiger partial charge in [-0.15, -0.1) is 0 Å². The van der Waals surface area contributed by atoms with Gasteiger partial charge in [0.25, 0.3) is 0 Å². The van der Waals surface area contributed by atoms with Crippen LogP contribution in [0.4, 0.5) is 21.9 Å². The lowest BCUT2D eigenvalue weighted by atomic mass is 10.2. The van der Waals surface area contributed by atoms with Crippen molar-refractivity contribution in [3.63, 3.8) is 0 Å². The molecule has 0 saturated heterocycles. The minimum Gasteiger partial charge on any atom is -0.326 e. The van der Waals surface area contributed by atoms with Gasteiger partial charge in [0.2, 0.25) is 5.91 Å². The van der Waals surface area contributed by atoms with Crippen LogP contribution in [-0.2, 0) is 4.79 Å². The number of carbonyl (C=O) groups excluding carboxylic acids is 2. The van der Waals surface area contributed by atoms with Crippen LogP contribution < -0.4 is 16.0 Å². The van der Waals surface area contributed by atoms with E-state index in [9.17, 15) is 9.59 Å². The van der Waals surface area contributed by atoms with Crippen LogP contribution in [-0.4, -0.2) is 11.9 Å². The summed E-state index contributed by atoms with van der Waals surface area (Å²) in [6.07, 6.45) is 0. The molecule has 0 aliphatic heterocycles. The van der Waals surface area contributed by atoms with E-state index in [0.29, 0.717) is 22.1 Å². The van der Waals surface area contributed by atoms with E-state index >= 15 is 0 Å². The molecule has 0 atom stereocenters. The van der Waals surface area contributed by atoms with E-state index in [1.807, 2.05) is 13.0 Å². The average Bonchev–Trinajstić information content (AvgIpc) is 2.44. The summed E-state index contributed by atoms with van der Waals surface area (Å²) in [6, 6.07) is 11.8. The third-order valence-corrected chi connectivity index (χ3v) is 3.30. The highest BCUT2D eigenvalue weighted by Crippen LogP contribution is 2.20. The smallest absolute Gasteiger partial charge is 0.323 e. The minimum atomic E-state index is -0.368. The SMILES string of the molecule is CC(=O)Nc1ccc(NC(=O)Nc2ccc(C)c(Cl)c2)cc1. The molecular weight excluding hydrogens is 302 g/mol. The molecule has 0 unspecified atom stereocenters. The van der Waals surface area contributed by atoms with Crippen LogP contribution in [0.15, 0.2) is 42.5 Å². The third-order valence-electron chi connectivity index (χ3n) is 2.89. The third kappa shape index (κ3) is 4.49. The van der Waals surface area contributed by atoms with Gasteiger partial charge in [-0.2, -0.15) is 0 Å². The van der Waals surface area contributed by atoms with E-state index in [2.05, 4.69) is 16.0 Å². The molecule has 0 aliphatic rings. The van der Waals surface area contributed by atoms with Gasteiger partial charge in [0.05, 0.1) is 0 Å². The number of aryl methyl sites for hydroxylation is 1. The van der Waals surface area contributed by atoms with Gasteiger partial charge in [0.15, 0.2) is 0 Å². The predicted octanol–water partition coefficient (Wildman–Crippen LogP) is 4.25. The van der Waals surface area contributed by atoms with Gasteiger partial charge >= 0.3 is 6.03 Å². The van der Waals surface area contributed by atoms with Gasteiger partial charge in [0, 0.05) is 29.0 Å². The molecule has 0 bridgehead atoms. The summed E-state index contributed by atoms with van der Waals surface area (Å²) in [5.41, 5.74) is 2.85. The highest BCUT2D eigenvalue weighted by molar-refractivity contribution is 6.31. The van der Waals surface area contributed by atoms with Crippen LogP contribution in [0.3, 0.4) is 0 Å². The van der Waals surface area contributed by atoms with Crippen LogP contribution >= 0.6 is 11.6 Å². The number of hydrogen-bond donors (Lipinski definition) is 3. The molecule has 6 heteroatoms. The Hall–Kier alpha value is -2.53. The number of hydrogen-bond acceptors (Lipinski definition) is 2. The normalized spacial score (nSPS) is 9.95. The predicted molar refractivity (Wildman–Crippen MR) is 89.6 cm³/mol. The first-order chi connectivity index (χ1) is 10.4. The highest BCUT2D eigenvalue weighted by Gasteiger charge is 2.04. The van der Waals surface area contributed by atoms with Crippen LogP contribution in [0.2, 0.25) is 5.02 Å². The Balaban J connectivity index is 1.96. The van der Waals surface area contributed by atoms with Crippen LogP contribution in [0.25, 0.3) is 0 Å². The fourth-order valence-electron chi connectivity index (χ4n) is 1.80. The van der Waals surface area contributed by atoms with Crippen molar-refractivity contribution in [3.8, 4) is 0 Å². The molecule has 2 rings (SSSR count). The standard InChI is InChI=1S/C16H16ClN3O2/c1-10-3-4-14(9-15(10)17)20-16(22)19-13-7-5-12(6-8-13)18-11(2)21/h3-9H,1-2H3,(H,18,21)(H2,19,20,22). The zero-order valence-electron chi connectivity index (χ0n) is 12.2. The second-order valence-corrected chi connectivity index (χ2v) is 5.21. The van der Waals surface area contributed by atoms with E-state index in [0.717, 1.165) is 5.56 Å². The molecule has 3 N–H and O–H groups in total. The van der Waals surface area contributed by atoms with E-state index < -0.39 is 0 Å². The molecule has 114 valence electrons. The summed E-state index contributed by atoms with van der Waals surface area (Å²) in [7, 11) is 0. The summed E-state index contributed by atoms with van der Waals surface area (Å²) < 4.78 is 0. The maximum absolute atomic E-state index is 11.9. The number of benzene rings is 2. The monoisotopic (exact) mass is 317 g/mol. The first kappa shape index (κ1) is 15.9. The Morgan fingerprint density at radius 1 is 0.864 bits per heavy atom. The molecule has 0 aromatic heterocycles. The summed E-state index contributed by atoms with van der Waals surface area (Å²) >= 11 is 6.01. The zero-order valence-corrected chi connectivity index (χ0v) is 13.0. The van der Waals surface area contributed by atoms with Gasteiger partial charge in [0.1, 0.15) is 0 Å². The number of halogens is 1. The van der Waals surface area contributed by atoms with Gasteiger partial charge in [-0.1, -0.05) is 17.7 Å². The van der Waals surface area contributed by atoms with Crippen molar-refractivity contribution in [1.82, 2.24) is 0 Å². The highest BCUT2D eigenvalue weighted by atomic mass is 35.5. The lowest BCUT2D eigenvalue weighted by molar-refractivity contribution is -0.114. The molecule has 0 spiro atoms. The molecule has 5 nitrogen and oxygen atoms in total. The van der Waals surface area contributed by atoms with E-state index in [1.54, 1.807) is 36.4 Å². The summed E-state index contributed by atoms with van der Waals surface area (Å²) in [5.74, 6) is -0.144. The zero-order chi connectivity index (χ0) is 16.1. The number of nitrogens with one attached hydrogen (secondary N) is 3.